The van der Waals surface area contributed by atoms with Crippen molar-refractivity contribution in [1.82, 2.24) is 15.3 Å². The quantitative estimate of drug-likeness (QED) is 0.630. The van der Waals surface area contributed by atoms with Crippen molar-refractivity contribution < 1.29 is 8.42 Å². The smallest absolute Gasteiger partial charge is 0.192 e. The van der Waals surface area contributed by atoms with Crippen LogP contribution in [-0.4, -0.2) is 43.8 Å². The van der Waals surface area contributed by atoms with Crippen LogP contribution in [0.2, 0.25) is 0 Å². The monoisotopic (exact) mass is 392 g/mol. The van der Waals surface area contributed by atoms with E-state index in [2.05, 4.69) is 31.1 Å². The molecule has 1 aliphatic carbocycles. The molecule has 0 saturated carbocycles. The molecule has 9 nitrogen and oxygen atoms in total. The van der Waals surface area contributed by atoms with Crippen LogP contribution in [0.5, 0.6) is 0 Å². The molecule has 0 bridgehead atoms. The summed E-state index contributed by atoms with van der Waals surface area (Å²) in [6.07, 6.45) is 8.25. The summed E-state index contributed by atoms with van der Waals surface area (Å²) in [6.45, 7) is 3.68. The van der Waals surface area contributed by atoms with Crippen molar-refractivity contribution >= 4 is 27.2 Å². The Bertz CT molecular complexity index is 875. The van der Waals surface area contributed by atoms with E-state index in [9.17, 15) is 13.3 Å². The van der Waals surface area contributed by atoms with E-state index in [0.29, 0.717) is 23.0 Å². The molecule has 146 valence electrons. The van der Waals surface area contributed by atoms with Crippen LogP contribution in [0.3, 0.4) is 0 Å². The minimum atomic E-state index is -3.23. The van der Waals surface area contributed by atoms with Crippen molar-refractivity contribution in [1.29, 1.82) is 0 Å². The average Bonchev–Trinajstić information content (AvgIpc) is 2.62. The summed E-state index contributed by atoms with van der Waals surface area (Å²) in [4.78, 5) is 20.2. The molecular weight excluding hydrogens is 368 g/mol. The maximum Gasteiger partial charge on any atom is 0.192 e. The number of hydrogen-bond acceptors (Lipinski definition) is 9. The van der Waals surface area contributed by atoms with Crippen molar-refractivity contribution in [3.8, 4) is 0 Å². The fourth-order valence-corrected chi connectivity index (χ4v) is 4.53. The number of nitroso groups, excluding NO2 is 1. The third-order valence-electron chi connectivity index (χ3n) is 4.76. The number of nitrogens with zero attached hydrogens (tertiary/aromatic N) is 3. The molecule has 1 aliphatic heterocycles. The first-order valence-corrected chi connectivity index (χ1v) is 10.8. The maximum absolute atomic E-state index is 11.8. The van der Waals surface area contributed by atoms with Crippen LogP contribution in [0, 0.1) is 10.8 Å². The van der Waals surface area contributed by atoms with Gasteiger partial charge in [0.2, 0.25) is 0 Å². The summed E-state index contributed by atoms with van der Waals surface area (Å²) >= 11 is 0. The molecule has 0 aromatic carbocycles. The Morgan fingerprint density at radius 1 is 1.19 bits per heavy atom. The number of piperidine rings is 1. The second-order valence-corrected chi connectivity index (χ2v) is 8.96. The van der Waals surface area contributed by atoms with Gasteiger partial charge in [-0.05, 0) is 55.6 Å². The lowest BCUT2D eigenvalue weighted by atomic mass is 10.00. The molecule has 2 heterocycles. The third kappa shape index (κ3) is 4.69. The minimum absolute atomic E-state index is 0.127. The normalized spacial score (nSPS) is 21.2. The summed E-state index contributed by atoms with van der Waals surface area (Å²) in [7, 11) is -3.23. The van der Waals surface area contributed by atoms with Gasteiger partial charge in [-0.25, -0.2) is 18.4 Å². The van der Waals surface area contributed by atoms with Gasteiger partial charge in [0.15, 0.2) is 27.2 Å². The zero-order valence-electron chi connectivity index (χ0n) is 15.4. The molecule has 3 N–H and O–H groups in total. The highest BCUT2D eigenvalue weighted by atomic mass is 32.2. The highest BCUT2D eigenvalue weighted by Gasteiger charge is 2.24. The van der Waals surface area contributed by atoms with Crippen LogP contribution in [-0.2, 0) is 9.84 Å². The van der Waals surface area contributed by atoms with Gasteiger partial charge in [0, 0.05) is 22.9 Å². The van der Waals surface area contributed by atoms with Gasteiger partial charge < -0.3 is 16.0 Å². The maximum atomic E-state index is 11.8. The molecule has 0 amide bonds. The standard InChI is InChI=1S/C17H24N6O3S/c1-11-9-13(3-4-14(11)27(2,25)26)22-17-15(23-24)16(19-10-20-17)21-12-5-7-18-8-6-12/h3-4,10-12,18H,5-9H2,1-2H3,(H2,19,20,21,22). The van der Waals surface area contributed by atoms with E-state index >= 15 is 0 Å². The van der Waals surface area contributed by atoms with Crippen LogP contribution < -0.4 is 16.0 Å². The Kier molecular flexibility index (Phi) is 5.85. The van der Waals surface area contributed by atoms with Crippen molar-refractivity contribution in [2.24, 2.45) is 11.1 Å². The fourth-order valence-electron chi connectivity index (χ4n) is 3.40. The SMILES string of the molecule is CC1CC(Nc2ncnc(NC3CCNCC3)c2N=O)=CC=C1S(C)(=O)=O. The molecule has 1 unspecified atom stereocenters. The summed E-state index contributed by atoms with van der Waals surface area (Å²) < 4.78 is 23.6. The van der Waals surface area contributed by atoms with Gasteiger partial charge in [-0.2, -0.15) is 0 Å². The van der Waals surface area contributed by atoms with Crippen molar-refractivity contribution in [3.63, 3.8) is 0 Å². The van der Waals surface area contributed by atoms with Gasteiger partial charge in [-0.15, -0.1) is 4.91 Å². The second kappa shape index (κ2) is 8.13. The van der Waals surface area contributed by atoms with Crippen molar-refractivity contribution in [2.45, 2.75) is 32.2 Å². The number of sulfone groups is 1. The Labute approximate surface area is 158 Å². The molecule has 1 aromatic heterocycles. The van der Waals surface area contributed by atoms with Crippen LogP contribution in [0.15, 0.2) is 34.3 Å². The zero-order chi connectivity index (χ0) is 19.4. The lowest BCUT2D eigenvalue weighted by molar-refractivity contribution is 0.478. The summed E-state index contributed by atoms with van der Waals surface area (Å²) in [5, 5.41) is 12.8. The molecular formula is C17H24N6O3S. The van der Waals surface area contributed by atoms with Gasteiger partial charge in [0.1, 0.15) is 6.33 Å². The number of hydrogen-bond donors (Lipinski definition) is 3. The largest absolute Gasteiger partial charge is 0.365 e. The van der Waals surface area contributed by atoms with E-state index in [1.165, 1.54) is 12.6 Å². The molecule has 10 heteroatoms. The van der Waals surface area contributed by atoms with E-state index in [1.807, 2.05) is 6.92 Å². The fraction of sp³-hybridized carbons (Fsp3) is 0.529. The lowest BCUT2D eigenvalue weighted by Crippen LogP contribution is -2.35. The Hall–Kier alpha value is -2.33. The first-order valence-electron chi connectivity index (χ1n) is 8.92. The molecule has 1 atom stereocenters. The van der Waals surface area contributed by atoms with Gasteiger partial charge in [0.05, 0.1) is 0 Å². The average molecular weight is 392 g/mol. The van der Waals surface area contributed by atoms with Gasteiger partial charge in [-0.3, -0.25) is 0 Å². The molecule has 0 spiro atoms. The van der Waals surface area contributed by atoms with Gasteiger partial charge in [0.25, 0.3) is 0 Å². The zero-order valence-corrected chi connectivity index (χ0v) is 16.2. The molecule has 27 heavy (non-hydrogen) atoms. The van der Waals surface area contributed by atoms with Crippen LogP contribution >= 0.6 is 0 Å². The first kappa shape index (κ1) is 19.4. The van der Waals surface area contributed by atoms with Crippen LogP contribution in [0.1, 0.15) is 26.2 Å². The highest BCUT2D eigenvalue weighted by Crippen LogP contribution is 2.34. The van der Waals surface area contributed by atoms with Gasteiger partial charge >= 0.3 is 0 Å². The van der Waals surface area contributed by atoms with E-state index < -0.39 is 9.84 Å². The lowest BCUT2D eigenvalue weighted by Gasteiger charge is -2.25. The highest BCUT2D eigenvalue weighted by molar-refractivity contribution is 7.94. The van der Waals surface area contributed by atoms with Gasteiger partial charge in [-0.1, -0.05) is 6.92 Å². The van der Waals surface area contributed by atoms with Crippen LogP contribution in [0.4, 0.5) is 17.3 Å². The molecule has 1 aromatic rings. The predicted molar refractivity (Wildman–Crippen MR) is 105 cm³/mol. The van der Waals surface area contributed by atoms with E-state index in [1.54, 1.807) is 12.2 Å². The number of nitrogens with one attached hydrogen (secondary N) is 3. The van der Waals surface area contributed by atoms with Crippen molar-refractivity contribution in [2.75, 3.05) is 30.0 Å². The third-order valence-corrected chi connectivity index (χ3v) is 6.16. The Morgan fingerprint density at radius 3 is 2.52 bits per heavy atom. The number of anilines is 2. The number of rotatable bonds is 6. The molecule has 2 aliphatic rings. The van der Waals surface area contributed by atoms with Crippen LogP contribution in [0.25, 0.3) is 0 Å². The molecule has 0 radical (unpaired) electrons. The van der Waals surface area contributed by atoms with E-state index in [-0.39, 0.29) is 17.6 Å². The Morgan fingerprint density at radius 2 is 1.89 bits per heavy atom. The Balaban J connectivity index is 1.81. The molecule has 1 fully saturated rings. The molecule has 1 saturated heterocycles. The minimum Gasteiger partial charge on any atom is -0.365 e. The van der Waals surface area contributed by atoms with E-state index in [4.69, 9.17) is 0 Å². The summed E-state index contributed by atoms with van der Waals surface area (Å²) in [5.41, 5.74) is 0.897. The molecule has 3 rings (SSSR count). The topological polar surface area (TPSA) is 125 Å². The number of allylic oxidation sites excluding steroid dienone is 4. The number of aromatic nitrogens is 2. The summed E-state index contributed by atoms with van der Waals surface area (Å²) in [6, 6.07) is 0.226. The van der Waals surface area contributed by atoms with Crippen molar-refractivity contribution in [3.05, 3.63) is 34.0 Å². The first-order chi connectivity index (χ1) is 12.9. The predicted octanol–water partition coefficient (Wildman–Crippen LogP) is 2.30. The second-order valence-electron chi connectivity index (χ2n) is 6.94. The van der Waals surface area contributed by atoms with E-state index in [0.717, 1.165) is 31.6 Å². The summed E-state index contributed by atoms with van der Waals surface area (Å²) in [5.74, 6) is 0.562.